The van der Waals surface area contributed by atoms with Crippen LogP contribution in [0.5, 0.6) is 0 Å². The lowest BCUT2D eigenvalue weighted by Crippen LogP contribution is -2.33. The van der Waals surface area contributed by atoms with Gasteiger partial charge in [0.2, 0.25) is 0 Å². The van der Waals surface area contributed by atoms with Gasteiger partial charge in [-0.2, -0.15) is 0 Å². The van der Waals surface area contributed by atoms with Crippen LogP contribution in [0.2, 0.25) is 0 Å². The number of amides is 1. The molecule has 6 nitrogen and oxygen atoms in total. The van der Waals surface area contributed by atoms with Gasteiger partial charge in [0.1, 0.15) is 0 Å². The van der Waals surface area contributed by atoms with E-state index in [-0.39, 0.29) is 29.6 Å². The van der Waals surface area contributed by atoms with Crippen molar-refractivity contribution in [1.82, 2.24) is 5.32 Å². The van der Waals surface area contributed by atoms with Gasteiger partial charge in [0.25, 0.3) is 11.6 Å². The summed E-state index contributed by atoms with van der Waals surface area (Å²) < 4.78 is 0. The molecule has 6 heteroatoms. The highest BCUT2D eigenvalue weighted by molar-refractivity contribution is 5.96. The van der Waals surface area contributed by atoms with Gasteiger partial charge in [-0.05, 0) is 31.2 Å². The summed E-state index contributed by atoms with van der Waals surface area (Å²) in [4.78, 5) is 22.1. The van der Waals surface area contributed by atoms with Crippen molar-refractivity contribution in [3.63, 3.8) is 0 Å². The number of aryl methyl sites for hydroxylation is 1. The zero-order valence-corrected chi connectivity index (χ0v) is 10.6. The van der Waals surface area contributed by atoms with Crippen LogP contribution in [0.15, 0.2) is 18.2 Å². The minimum Gasteiger partial charge on any atom is -0.391 e. The molecule has 1 unspecified atom stereocenters. The fraction of sp³-hybridized carbons (Fsp3) is 0.462. The average molecular weight is 264 g/mol. The predicted molar refractivity (Wildman–Crippen MR) is 68.9 cm³/mol. The molecule has 19 heavy (non-hydrogen) atoms. The number of nitrogens with zero attached hydrogens (tertiary/aromatic N) is 1. The second-order valence-electron chi connectivity index (χ2n) is 4.87. The first-order valence-electron chi connectivity index (χ1n) is 6.20. The van der Waals surface area contributed by atoms with E-state index in [0.29, 0.717) is 5.56 Å². The molecule has 2 N–H and O–H groups in total. The molecule has 0 aromatic heterocycles. The van der Waals surface area contributed by atoms with Crippen LogP contribution < -0.4 is 5.32 Å². The molecule has 0 radical (unpaired) electrons. The van der Waals surface area contributed by atoms with E-state index in [1.807, 2.05) is 0 Å². The number of nitro benzene ring substituents is 1. The number of non-ortho nitro benzene ring substituents is 1. The molecule has 102 valence electrons. The number of aliphatic hydroxyl groups is 1. The topological polar surface area (TPSA) is 92.5 Å². The lowest BCUT2D eigenvalue weighted by atomic mass is 10.1. The largest absolute Gasteiger partial charge is 0.391 e. The molecular formula is C13H16N2O4. The highest BCUT2D eigenvalue weighted by atomic mass is 16.6. The molecule has 1 aromatic rings. The van der Waals surface area contributed by atoms with Gasteiger partial charge in [0.05, 0.1) is 11.0 Å². The maximum atomic E-state index is 11.9. The number of rotatable bonds is 5. The van der Waals surface area contributed by atoms with E-state index in [2.05, 4.69) is 5.32 Å². The van der Waals surface area contributed by atoms with Gasteiger partial charge < -0.3 is 10.4 Å². The summed E-state index contributed by atoms with van der Waals surface area (Å²) >= 11 is 0. The third kappa shape index (κ3) is 3.29. The maximum Gasteiger partial charge on any atom is 0.270 e. The van der Waals surface area contributed by atoms with Gasteiger partial charge in [0, 0.05) is 24.2 Å². The number of carbonyl (C=O) groups excluding carboxylic acids is 1. The molecule has 1 saturated carbocycles. The Balaban J connectivity index is 2.04. The van der Waals surface area contributed by atoms with Crippen molar-refractivity contribution < 1.29 is 14.8 Å². The molecule has 1 aliphatic rings. The van der Waals surface area contributed by atoms with Crippen molar-refractivity contribution in [3.05, 3.63) is 39.4 Å². The van der Waals surface area contributed by atoms with Crippen molar-refractivity contribution in [2.45, 2.75) is 25.9 Å². The third-order valence-electron chi connectivity index (χ3n) is 3.31. The monoisotopic (exact) mass is 264 g/mol. The molecule has 1 amide bonds. The standard InChI is InChI=1S/C13H16N2O4/c1-8-2-5-10(15(18)19)6-11(8)13(17)14-7-12(16)9-3-4-9/h2,5-6,9,12,16H,3-4,7H2,1H3,(H,14,17). The molecule has 0 bridgehead atoms. The lowest BCUT2D eigenvalue weighted by molar-refractivity contribution is -0.384. The van der Waals surface area contributed by atoms with Crippen LogP contribution in [0.25, 0.3) is 0 Å². The van der Waals surface area contributed by atoms with Gasteiger partial charge >= 0.3 is 0 Å². The fourth-order valence-corrected chi connectivity index (χ4v) is 1.91. The average Bonchev–Trinajstić information content (AvgIpc) is 3.20. The zero-order chi connectivity index (χ0) is 14.0. The SMILES string of the molecule is Cc1ccc([N+](=O)[O-])cc1C(=O)NCC(O)C1CC1. The Hall–Kier alpha value is -1.95. The van der Waals surface area contributed by atoms with Crippen LogP contribution >= 0.6 is 0 Å². The molecule has 2 rings (SSSR count). The van der Waals surface area contributed by atoms with E-state index < -0.39 is 11.0 Å². The molecule has 0 aliphatic heterocycles. The third-order valence-corrected chi connectivity index (χ3v) is 3.31. The summed E-state index contributed by atoms with van der Waals surface area (Å²) in [6, 6.07) is 4.17. The Morgan fingerprint density at radius 3 is 2.84 bits per heavy atom. The minimum absolute atomic E-state index is 0.113. The number of aliphatic hydroxyl groups excluding tert-OH is 1. The molecular weight excluding hydrogens is 248 g/mol. The summed E-state index contributed by atoms with van der Waals surface area (Å²) in [5, 5.41) is 23.0. The number of nitrogens with one attached hydrogen (secondary N) is 1. The first kappa shape index (κ1) is 13.5. The van der Waals surface area contributed by atoms with Crippen LogP contribution in [0, 0.1) is 23.0 Å². The number of carbonyl (C=O) groups is 1. The van der Waals surface area contributed by atoms with E-state index in [0.717, 1.165) is 12.8 Å². The fourth-order valence-electron chi connectivity index (χ4n) is 1.91. The first-order chi connectivity index (χ1) is 8.99. The Morgan fingerprint density at radius 2 is 2.26 bits per heavy atom. The summed E-state index contributed by atoms with van der Waals surface area (Å²) in [5.41, 5.74) is 0.833. The van der Waals surface area contributed by atoms with E-state index in [4.69, 9.17) is 0 Å². The normalized spacial score (nSPS) is 15.9. The minimum atomic E-state index is -0.532. The van der Waals surface area contributed by atoms with Crippen molar-refractivity contribution >= 4 is 11.6 Å². The Bertz CT molecular complexity index is 511. The summed E-state index contributed by atoms with van der Waals surface area (Å²) in [6.07, 6.45) is 1.46. The van der Waals surface area contributed by atoms with E-state index in [9.17, 15) is 20.0 Å². The highest BCUT2D eigenvalue weighted by Crippen LogP contribution is 2.32. The molecule has 0 saturated heterocycles. The van der Waals surface area contributed by atoms with E-state index >= 15 is 0 Å². The molecule has 1 aromatic carbocycles. The highest BCUT2D eigenvalue weighted by Gasteiger charge is 2.29. The molecule has 1 atom stereocenters. The van der Waals surface area contributed by atoms with Gasteiger partial charge in [-0.3, -0.25) is 14.9 Å². The number of hydrogen-bond acceptors (Lipinski definition) is 4. The zero-order valence-electron chi connectivity index (χ0n) is 10.6. The first-order valence-corrected chi connectivity index (χ1v) is 6.20. The number of hydrogen-bond donors (Lipinski definition) is 2. The van der Waals surface area contributed by atoms with Gasteiger partial charge in [-0.25, -0.2) is 0 Å². The lowest BCUT2D eigenvalue weighted by Gasteiger charge is -2.11. The van der Waals surface area contributed by atoms with Crippen LogP contribution in [0.4, 0.5) is 5.69 Å². The van der Waals surface area contributed by atoms with Crippen molar-refractivity contribution in [1.29, 1.82) is 0 Å². The molecule has 1 fully saturated rings. The van der Waals surface area contributed by atoms with Gasteiger partial charge in [-0.1, -0.05) is 6.07 Å². The van der Waals surface area contributed by atoms with Gasteiger partial charge in [0.15, 0.2) is 0 Å². The summed E-state index contributed by atoms with van der Waals surface area (Å²) in [7, 11) is 0. The number of nitro groups is 1. The van der Waals surface area contributed by atoms with E-state index in [1.165, 1.54) is 12.1 Å². The van der Waals surface area contributed by atoms with Crippen molar-refractivity contribution in [2.24, 2.45) is 5.92 Å². The number of benzene rings is 1. The summed E-state index contributed by atoms with van der Waals surface area (Å²) in [5.74, 6) is -0.104. The molecule has 1 aliphatic carbocycles. The van der Waals surface area contributed by atoms with Crippen LogP contribution in [-0.4, -0.2) is 28.6 Å². The second-order valence-corrected chi connectivity index (χ2v) is 4.87. The van der Waals surface area contributed by atoms with Crippen LogP contribution in [0.1, 0.15) is 28.8 Å². The Labute approximate surface area is 110 Å². The quantitative estimate of drug-likeness (QED) is 0.621. The summed E-state index contributed by atoms with van der Waals surface area (Å²) in [6.45, 7) is 1.90. The van der Waals surface area contributed by atoms with Crippen molar-refractivity contribution in [3.8, 4) is 0 Å². The van der Waals surface area contributed by atoms with Crippen LogP contribution in [0.3, 0.4) is 0 Å². The molecule has 0 spiro atoms. The van der Waals surface area contributed by atoms with Crippen molar-refractivity contribution in [2.75, 3.05) is 6.54 Å². The smallest absolute Gasteiger partial charge is 0.270 e. The predicted octanol–water partition coefficient (Wildman–Crippen LogP) is 1.40. The Kier molecular flexibility index (Phi) is 3.80. The maximum absolute atomic E-state index is 11.9. The second kappa shape index (κ2) is 5.36. The molecule has 0 heterocycles. The van der Waals surface area contributed by atoms with Gasteiger partial charge in [-0.15, -0.1) is 0 Å². The van der Waals surface area contributed by atoms with Crippen LogP contribution in [-0.2, 0) is 0 Å². The Morgan fingerprint density at radius 1 is 1.58 bits per heavy atom. The van der Waals surface area contributed by atoms with E-state index in [1.54, 1.807) is 13.0 Å².